The topological polar surface area (TPSA) is 74.8 Å². The molecular weight excluding hydrogens is 688 g/mol. The van der Waals surface area contributed by atoms with E-state index in [1.54, 1.807) is 37.3 Å². The molecule has 14 heteroatoms. The zero-order valence-electron chi connectivity index (χ0n) is 20.1. The summed E-state index contributed by atoms with van der Waals surface area (Å²) in [6.07, 6.45) is 0.00379. The summed E-state index contributed by atoms with van der Waals surface area (Å²) in [7, 11) is 0. The summed E-state index contributed by atoms with van der Waals surface area (Å²) in [4.78, 5) is 51.9. The third-order valence-corrected chi connectivity index (χ3v) is 12.3. The number of alkyl halides is 4. The Bertz CT molecular complexity index is 1470. The van der Waals surface area contributed by atoms with Crippen LogP contribution in [-0.4, -0.2) is 53.6 Å². The van der Waals surface area contributed by atoms with E-state index in [1.807, 2.05) is 0 Å². The Morgan fingerprint density at radius 3 is 1.88 bits per heavy atom. The highest BCUT2D eigenvalue weighted by molar-refractivity contribution is 6.66. The van der Waals surface area contributed by atoms with E-state index >= 15 is 0 Å². The molecule has 3 aliphatic rings. The predicted octanol–water partition coefficient (Wildman–Crippen LogP) is 7.46. The Balaban J connectivity index is 1.68. The van der Waals surface area contributed by atoms with E-state index in [9.17, 15) is 19.2 Å². The minimum absolute atomic E-state index is 0.00379. The van der Waals surface area contributed by atoms with Crippen LogP contribution in [0.2, 0.25) is 10.0 Å². The number of allylic oxidation sites excluding steroid dienone is 2. The molecule has 1 aliphatic heterocycles. The molecule has 2 bridgehead atoms. The van der Waals surface area contributed by atoms with E-state index < -0.39 is 55.5 Å². The van der Waals surface area contributed by atoms with Crippen molar-refractivity contribution in [3.05, 3.63) is 79.8 Å². The summed E-state index contributed by atoms with van der Waals surface area (Å²) < 4.78 is -2.16. The van der Waals surface area contributed by atoms with Crippen LogP contribution in [0.25, 0.3) is 0 Å². The summed E-state index contributed by atoms with van der Waals surface area (Å²) in [6.45, 7) is 1.62. The van der Waals surface area contributed by atoms with Gasteiger partial charge in [0.05, 0.1) is 32.5 Å². The Morgan fingerprint density at radius 2 is 1.40 bits per heavy atom. The van der Waals surface area contributed by atoms with E-state index in [4.69, 9.17) is 92.8 Å². The Hall–Kier alpha value is -1.22. The predicted molar refractivity (Wildman–Crippen MR) is 157 cm³/mol. The van der Waals surface area contributed by atoms with Gasteiger partial charge in [-0.3, -0.25) is 19.2 Å². The molecule has 1 saturated carbocycles. The van der Waals surface area contributed by atoms with Crippen molar-refractivity contribution in [3.8, 4) is 0 Å². The minimum Gasteiger partial charge on any atom is -0.292 e. The molecule has 0 radical (unpaired) electrons. The first-order valence-electron chi connectivity index (χ1n) is 11.7. The van der Waals surface area contributed by atoms with Gasteiger partial charge in [-0.15, -0.1) is 23.2 Å². The summed E-state index contributed by atoms with van der Waals surface area (Å²) >= 11 is 52.0. The first kappa shape index (κ1) is 30.2. The summed E-state index contributed by atoms with van der Waals surface area (Å²) in [6, 6.07) is 10.8. The van der Waals surface area contributed by atoms with Crippen molar-refractivity contribution in [1.29, 1.82) is 0 Å². The third-order valence-electron chi connectivity index (χ3n) is 7.51. The number of rotatable bonds is 6. The molecule has 40 heavy (non-hydrogen) atoms. The number of imide groups is 1. The van der Waals surface area contributed by atoms with Crippen molar-refractivity contribution >= 4 is 116 Å². The lowest BCUT2D eigenvalue weighted by atomic mass is 9.84. The van der Waals surface area contributed by atoms with Crippen LogP contribution in [0.4, 0.5) is 0 Å². The van der Waals surface area contributed by atoms with Gasteiger partial charge in [0.15, 0.2) is 10.1 Å². The number of amides is 3. The highest BCUT2D eigenvalue weighted by Crippen LogP contribution is 2.77. The van der Waals surface area contributed by atoms with Crippen molar-refractivity contribution in [2.45, 2.75) is 33.5 Å². The second-order valence-corrected chi connectivity index (χ2v) is 13.6. The highest BCUT2D eigenvalue weighted by Gasteiger charge is 2.88. The average Bonchev–Trinajstić information content (AvgIpc) is 3.30. The fourth-order valence-corrected chi connectivity index (χ4v) is 9.03. The quantitative estimate of drug-likeness (QED) is 0.178. The number of carbonyl (C=O) groups is 4. The molecule has 1 heterocycles. The monoisotopic (exact) mass is 700 g/mol. The summed E-state index contributed by atoms with van der Waals surface area (Å²) in [5, 5.41) is 0.939. The van der Waals surface area contributed by atoms with Crippen LogP contribution in [0.3, 0.4) is 0 Å². The molecule has 0 unspecified atom stereocenters. The molecule has 0 N–H and O–H groups in total. The van der Waals surface area contributed by atoms with Gasteiger partial charge in [-0.2, -0.15) is 5.01 Å². The van der Waals surface area contributed by atoms with Crippen LogP contribution in [0, 0.1) is 11.8 Å². The first-order chi connectivity index (χ1) is 18.7. The van der Waals surface area contributed by atoms with E-state index in [0.717, 1.165) is 5.01 Å². The number of halogens is 8. The number of nitrogens with zero attached hydrogens (tertiary/aromatic N) is 2. The van der Waals surface area contributed by atoms with Crippen LogP contribution in [0.5, 0.6) is 0 Å². The van der Waals surface area contributed by atoms with Crippen molar-refractivity contribution in [2.75, 3.05) is 0 Å². The fraction of sp³-hybridized carbons (Fsp3) is 0.308. The maximum absolute atomic E-state index is 14.1. The number of hydrogen-bond acceptors (Lipinski definition) is 4. The first-order valence-corrected chi connectivity index (χ1v) is 14.8. The lowest BCUT2D eigenvalue weighted by Crippen LogP contribution is -2.60. The zero-order chi connectivity index (χ0) is 29.5. The molecule has 3 amide bonds. The number of hydrazine groups is 1. The van der Waals surface area contributed by atoms with Crippen molar-refractivity contribution in [1.82, 2.24) is 10.0 Å². The van der Waals surface area contributed by atoms with Gasteiger partial charge in [0.25, 0.3) is 17.7 Å². The number of fused-ring (bicyclic) bond motifs is 5. The maximum atomic E-state index is 14.1. The van der Waals surface area contributed by atoms with Gasteiger partial charge in [-0.25, -0.2) is 5.01 Å². The van der Waals surface area contributed by atoms with Gasteiger partial charge >= 0.3 is 0 Å². The standard InChI is InChI=1S/C26H16Cl8N2O4/c1-2-15(18(37)11-6-4-3-5-7-11)35(21(38)13-9-8-12(27)10-14(13)28)36-22(39)16-17(23(36)40)25(32)20(30)19(29)24(16,31)26(25,33)34/h3-10,15-17H,2H2,1H3/t15-,16-,17+,24+,25+/m0/s1. The zero-order valence-corrected chi connectivity index (χ0v) is 26.2. The number of carbonyl (C=O) groups excluding carboxylic acids is 4. The molecule has 5 atom stereocenters. The van der Waals surface area contributed by atoms with Gasteiger partial charge in [0.1, 0.15) is 15.8 Å². The molecule has 2 fully saturated rings. The molecule has 210 valence electrons. The number of benzene rings is 2. The molecule has 2 aromatic carbocycles. The smallest absolute Gasteiger partial charge is 0.275 e. The largest absolute Gasteiger partial charge is 0.292 e. The molecule has 2 aromatic rings. The van der Waals surface area contributed by atoms with Crippen molar-refractivity contribution in [2.24, 2.45) is 11.8 Å². The van der Waals surface area contributed by atoms with Crippen LogP contribution in [0.15, 0.2) is 58.6 Å². The van der Waals surface area contributed by atoms with Crippen molar-refractivity contribution in [3.63, 3.8) is 0 Å². The fourth-order valence-electron chi connectivity index (χ4n) is 5.61. The lowest BCUT2D eigenvalue weighted by Gasteiger charge is -2.39. The number of hydrogen-bond donors (Lipinski definition) is 0. The van der Waals surface area contributed by atoms with E-state index in [-0.39, 0.29) is 37.7 Å². The molecule has 1 saturated heterocycles. The molecule has 0 spiro atoms. The van der Waals surface area contributed by atoms with E-state index in [2.05, 4.69) is 0 Å². The van der Waals surface area contributed by atoms with Gasteiger partial charge in [0, 0.05) is 10.6 Å². The molecule has 6 nitrogen and oxygen atoms in total. The molecule has 2 aliphatic carbocycles. The second kappa shape index (κ2) is 10.2. The van der Waals surface area contributed by atoms with E-state index in [0.29, 0.717) is 5.01 Å². The maximum Gasteiger partial charge on any atom is 0.275 e. The van der Waals surface area contributed by atoms with Gasteiger partial charge in [0.2, 0.25) is 0 Å². The average molecular weight is 704 g/mol. The Morgan fingerprint density at radius 1 is 0.875 bits per heavy atom. The molecular formula is C26H16Cl8N2O4. The van der Waals surface area contributed by atoms with Crippen LogP contribution < -0.4 is 0 Å². The number of Topliss-reactive ketones (excluding diaryl/α,β-unsaturated/α-hetero) is 1. The van der Waals surface area contributed by atoms with Crippen LogP contribution >= 0.6 is 92.8 Å². The van der Waals surface area contributed by atoms with E-state index in [1.165, 1.54) is 18.2 Å². The molecule has 5 rings (SSSR count). The second-order valence-electron chi connectivity index (χ2n) is 9.50. The summed E-state index contributed by atoms with van der Waals surface area (Å²) in [5.41, 5.74) is 0.120. The minimum atomic E-state index is -2.16. The lowest BCUT2D eigenvalue weighted by molar-refractivity contribution is -0.157. The van der Waals surface area contributed by atoms with Crippen molar-refractivity contribution < 1.29 is 19.2 Å². The Kier molecular flexibility index (Phi) is 7.71. The van der Waals surface area contributed by atoms with Gasteiger partial charge in [-0.1, -0.05) is 107 Å². The van der Waals surface area contributed by atoms with Crippen LogP contribution in [0.1, 0.15) is 34.1 Å². The van der Waals surface area contributed by atoms with Gasteiger partial charge < -0.3 is 0 Å². The Labute approximate surface area is 268 Å². The highest BCUT2D eigenvalue weighted by atomic mass is 35.5. The van der Waals surface area contributed by atoms with Gasteiger partial charge in [-0.05, 0) is 24.6 Å². The molecule has 0 aromatic heterocycles. The SMILES string of the molecule is CC[C@@H](C(=O)c1ccccc1)N(C(=O)c1ccc(Cl)cc1Cl)N1C(=O)[C@@H]2[C@H](C1=O)[C@@]1(Cl)C(Cl)=C(Cl)[C@@]2(Cl)C1(Cl)Cl. The third kappa shape index (κ3) is 3.77. The normalized spacial score (nSPS) is 29.2. The summed E-state index contributed by atoms with van der Waals surface area (Å²) in [5.74, 6) is -6.46. The van der Waals surface area contributed by atoms with Crippen LogP contribution in [-0.2, 0) is 9.59 Å². The number of ketones is 1.